The highest BCUT2D eigenvalue weighted by Crippen LogP contribution is 2.47. The van der Waals surface area contributed by atoms with Gasteiger partial charge in [0.05, 0.1) is 19.8 Å². The van der Waals surface area contributed by atoms with Crippen molar-refractivity contribution >= 4 is 11.8 Å². The van der Waals surface area contributed by atoms with Gasteiger partial charge in [-0.2, -0.15) is 0 Å². The smallest absolute Gasteiger partial charge is 0.336 e. The lowest BCUT2D eigenvalue weighted by molar-refractivity contribution is -0.136. The van der Waals surface area contributed by atoms with Gasteiger partial charge in [-0.25, -0.2) is 4.79 Å². The quantitative estimate of drug-likeness (QED) is 0.567. The summed E-state index contributed by atoms with van der Waals surface area (Å²) in [5.41, 5.74) is 5.51. The third kappa shape index (κ3) is 4.97. The van der Waals surface area contributed by atoms with E-state index in [1.54, 1.807) is 7.11 Å². The number of Topliss-reactive ketones (excluding diaryl/α,β-unsaturated/α-hetero) is 1. The van der Waals surface area contributed by atoms with Gasteiger partial charge in [0, 0.05) is 29.3 Å². The van der Waals surface area contributed by atoms with E-state index in [0.717, 1.165) is 23.2 Å². The normalized spacial score (nSPS) is 19.1. The van der Waals surface area contributed by atoms with E-state index in [2.05, 4.69) is 25.2 Å². The van der Waals surface area contributed by atoms with Crippen molar-refractivity contribution in [3.63, 3.8) is 0 Å². The number of nitrogens with one attached hydrogen (secondary N) is 1. The number of methoxy groups -OCH3 is 2. The topological polar surface area (TPSA) is 73.9 Å². The third-order valence-electron chi connectivity index (χ3n) is 6.64. The summed E-state index contributed by atoms with van der Waals surface area (Å²) in [5.74, 6) is 0.185. The van der Waals surface area contributed by atoms with Crippen LogP contribution in [0.25, 0.3) is 0 Å². The van der Waals surface area contributed by atoms with Gasteiger partial charge < -0.3 is 19.5 Å². The third-order valence-corrected chi connectivity index (χ3v) is 6.64. The van der Waals surface area contributed by atoms with E-state index in [-0.39, 0.29) is 11.2 Å². The Morgan fingerprint density at radius 2 is 1.83 bits per heavy atom. The minimum Gasteiger partial charge on any atom is -0.493 e. The molecule has 184 valence electrons. The molecular weight excluding hydrogens is 442 g/mol. The zero-order valence-electron chi connectivity index (χ0n) is 21.3. The van der Waals surface area contributed by atoms with Gasteiger partial charge in [0.1, 0.15) is 6.61 Å². The maximum absolute atomic E-state index is 13.4. The summed E-state index contributed by atoms with van der Waals surface area (Å²) in [7, 11) is 2.94. The fraction of sp³-hybridized carbons (Fsp3) is 0.379. The molecule has 1 unspecified atom stereocenters. The number of carbonyl (C=O) groups is 2. The lowest BCUT2D eigenvalue weighted by atomic mass is 9.68. The Morgan fingerprint density at radius 3 is 2.51 bits per heavy atom. The van der Waals surface area contributed by atoms with E-state index in [1.165, 1.54) is 12.7 Å². The maximum atomic E-state index is 13.4. The molecule has 0 amide bonds. The predicted octanol–water partition coefficient (Wildman–Crippen LogP) is 5.36. The number of hydrogen-bond acceptors (Lipinski definition) is 6. The molecule has 1 aliphatic carbocycles. The predicted molar refractivity (Wildman–Crippen MR) is 134 cm³/mol. The molecule has 35 heavy (non-hydrogen) atoms. The molecule has 0 saturated heterocycles. The molecule has 4 rings (SSSR count). The van der Waals surface area contributed by atoms with Gasteiger partial charge in [0.2, 0.25) is 0 Å². The molecular formula is C29H33NO5. The largest absolute Gasteiger partial charge is 0.493 e. The Hall–Kier alpha value is -3.54. The number of ketones is 1. The van der Waals surface area contributed by atoms with Crippen LogP contribution >= 0.6 is 0 Å². The van der Waals surface area contributed by atoms with Crippen molar-refractivity contribution in [2.75, 3.05) is 14.2 Å². The fourth-order valence-corrected chi connectivity index (χ4v) is 5.10. The van der Waals surface area contributed by atoms with Gasteiger partial charge in [-0.15, -0.1) is 0 Å². The zero-order chi connectivity index (χ0) is 25.3. The standard InChI is InChI=1S/C29H33NO5/c1-17-8-7-9-19(12-17)16-35-23-11-10-20(13-24(23)33-5)26-25(28(32)34-6)18(2)30-21-14-29(3,4)15-22(31)27(21)26/h7-13,26,30H,14-16H2,1-6H3. The molecule has 2 aromatic rings. The summed E-state index contributed by atoms with van der Waals surface area (Å²) in [6, 6.07) is 13.7. The van der Waals surface area contributed by atoms with Gasteiger partial charge in [-0.05, 0) is 48.9 Å². The van der Waals surface area contributed by atoms with Crippen molar-refractivity contribution in [3.05, 3.63) is 81.7 Å². The first-order chi connectivity index (χ1) is 16.6. The minimum absolute atomic E-state index is 0.0430. The number of benzene rings is 2. The highest BCUT2D eigenvalue weighted by Gasteiger charge is 2.43. The van der Waals surface area contributed by atoms with Crippen LogP contribution in [-0.2, 0) is 20.9 Å². The number of allylic oxidation sites excluding steroid dienone is 3. The summed E-state index contributed by atoms with van der Waals surface area (Å²) in [5, 5.41) is 3.33. The number of dihydropyridines is 1. The van der Waals surface area contributed by atoms with Crippen LogP contribution in [0.5, 0.6) is 11.5 Å². The Labute approximate surface area is 207 Å². The van der Waals surface area contributed by atoms with E-state index in [1.807, 2.05) is 50.2 Å². The lowest BCUT2D eigenvalue weighted by Gasteiger charge is -2.39. The first-order valence-corrected chi connectivity index (χ1v) is 11.8. The van der Waals surface area contributed by atoms with Gasteiger partial charge >= 0.3 is 5.97 Å². The van der Waals surface area contributed by atoms with E-state index < -0.39 is 11.9 Å². The van der Waals surface area contributed by atoms with Crippen LogP contribution in [0.3, 0.4) is 0 Å². The summed E-state index contributed by atoms with van der Waals surface area (Å²) in [6.45, 7) is 8.47. The monoisotopic (exact) mass is 475 g/mol. The molecule has 6 heteroatoms. The van der Waals surface area contributed by atoms with E-state index in [4.69, 9.17) is 14.2 Å². The molecule has 1 heterocycles. The zero-order valence-corrected chi connectivity index (χ0v) is 21.3. The van der Waals surface area contributed by atoms with E-state index >= 15 is 0 Å². The second kappa shape index (κ2) is 9.61. The van der Waals surface area contributed by atoms with Crippen LogP contribution in [0, 0.1) is 12.3 Å². The van der Waals surface area contributed by atoms with Crippen LogP contribution in [0.4, 0.5) is 0 Å². The van der Waals surface area contributed by atoms with Crippen LogP contribution in [0.2, 0.25) is 0 Å². The Balaban J connectivity index is 1.74. The second-order valence-electron chi connectivity index (χ2n) is 10.1. The number of hydrogen-bond donors (Lipinski definition) is 1. The maximum Gasteiger partial charge on any atom is 0.336 e. The van der Waals surface area contributed by atoms with Crippen LogP contribution in [0.1, 0.15) is 56.2 Å². The molecule has 1 N–H and O–H groups in total. The molecule has 1 atom stereocenters. The first kappa shape index (κ1) is 24.6. The number of carbonyl (C=O) groups excluding carboxylic acids is 2. The minimum atomic E-state index is -0.540. The van der Waals surface area contributed by atoms with Crippen LogP contribution < -0.4 is 14.8 Å². The van der Waals surface area contributed by atoms with Crippen LogP contribution in [0.15, 0.2) is 65.0 Å². The molecule has 0 spiro atoms. The first-order valence-electron chi connectivity index (χ1n) is 11.8. The van der Waals surface area contributed by atoms with Crippen molar-refractivity contribution < 1.29 is 23.8 Å². The van der Waals surface area contributed by atoms with Crippen molar-refractivity contribution in [3.8, 4) is 11.5 Å². The second-order valence-corrected chi connectivity index (χ2v) is 10.1. The van der Waals surface area contributed by atoms with E-state index in [9.17, 15) is 9.59 Å². The molecule has 0 fully saturated rings. The molecule has 0 radical (unpaired) electrons. The van der Waals surface area contributed by atoms with Gasteiger partial charge in [-0.3, -0.25) is 4.79 Å². The van der Waals surface area contributed by atoms with Crippen molar-refractivity contribution in [2.24, 2.45) is 5.41 Å². The van der Waals surface area contributed by atoms with Crippen molar-refractivity contribution in [1.82, 2.24) is 5.32 Å². The molecule has 2 aliphatic rings. The average Bonchev–Trinajstić information content (AvgIpc) is 2.80. The molecule has 6 nitrogen and oxygen atoms in total. The lowest BCUT2D eigenvalue weighted by Crippen LogP contribution is -2.38. The Morgan fingerprint density at radius 1 is 1.06 bits per heavy atom. The van der Waals surface area contributed by atoms with Gasteiger partial charge in [0.15, 0.2) is 17.3 Å². The molecule has 0 saturated carbocycles. The summed E-state index contributed by atoms with van der Waals surface area (Å²) >= 11 is 0. The number of rotatable bonds is 6. The van der Waals surface area contributed by atoms with E-state index in [0.29, 0.717) is 41.4 Å². The Kier molecular flexibility index (Phi) is 6.75. The number of aryl methyl sites for hydroxylation is 1. The van der Waals surface area contributed by atoms with Gasteiger partial charge in [-0.1, -0.05) is 49.7 Å². The highest BCUT2D eigenvalue weighted by atomic mass is 16.5. The fourth-order valence-electron chi connectivity index (χ4n) is 5.10. The summed E-state index contributed by atoms with van der Waals surface area (Å²) < 4.78 is 16.8. The average molecular weight is 476 g/mol. The van der Waals surface area contributed by atoms with Gasteiger partial charge in [0.25, 0.3) is 0 Å². The molecule has 0 aromatic heterocycles. The molecule has 2 aromatic carbocycles. The molecule has 1 aliphatic heterocycles. The summed E-state index contributed by atoms with van der Waals surface area (Å²) in [4.78, 5) is 26.2. The SMILES string of the molecule is COC(=O)C1=C(C)NC2=C(C(=O)CC(C)(C)C2)C1c1ccc(OCc2cccc(C)c2)c(OC)c1. The highest BCUT2D eigenvalue weighted by molar-refractivity contribution is 6.04. The molecule has 0 bridgehead atoms. The van der Waals surface area contributed by atoms with Crippen molar-refractivity contribution in [2.45, 2.75) is 53.1 Å². The summed E-state index contributed by atoms with van der Waals surface area (Å²) in [6.07, 6.45) is 1.15. The van der Waals surface area contributed by atoms with Crippen molar-refractivity contribution in [1.29, 1.82) is 0 Å². The van der Waals surface area contributed by atoms with Crippen LogP contribution in [-0.4, -0.2) is 26.0 Å². The number of ether oxygens (including phenoxy) is 3. The number of esters is 1. The Bertz CT molecular complexity index is 1240.